The van der Waals surface area contributed by atoms with E-state index in [9.17, 15) is 13.2 Å². The van der Waals surface area contributed by atoms with Crippen LogP contribution in [0, 0.1) is 5.41 Å². The van der Waals surface area contributed by atoms with Crippen LogP contribution in [0.25, 0.3) is 0 Å². The van der Waals surface area contributed by atoms with Crippen LogP contribution in [0.4, 0.5) is 13.2 Å². The van der Waals surface area contributed by atoms with Gasteiger partial charge in [0.2, 0.25) is 0 Å². The van der Waals surface area contributed by atoms with Crippen molar-refractivity contribution in [1.29, 1.82) is 0 Å². The number of alkyl halides is 4. The van der Waals surface area contributed by atoms with Gasteiger partial charge in [0.1, 0.15) is 17.4 Å². The number of halogens is 4. The fraction of sp³-hybridized carbons (Fsp3) is 0.697. The Balaban J connectivity index is 1.60. The van der Waals surface area contributed by atoms with Crippen LogP contribution in [0.5, 0.6) is 0 Å². The van der Waals surface area contributed by atoms with E-state index in [0.29, 0.717) is 25.2 Å². The number of hydrogen-bond donors (Lipinski definition) is 0. The van der Waals surface area contributed by atoms with Crippen molar-refractivity contribution in [3.05, 3.63) is 57.7 Å². The molecule has 2 fully saturated rings. The van der Waals surface area contributed by atoms with E-state index in [1.54, 1.807) is 0 Å². The van der Waals surface area contributed by atoms with E-state index in [-0.39, 0.29) is 26.4 Å². The molecule has 43 heavy (non-hydrogen) atoms. The molecule has 0 amide bonds. The third-order valence-electron chi connectivity index (χ3n) is 10.8. The Hall–Kier alpha value is -1.08. The number of nitrogens with zero attached hydrogens (tertiary/aromatic N) is 2. The molecule has 4 heterocycles. The van der Waals surface area contributed by atoms with Gasteiger partial charge in [-0.15, -0.1) is 0 Å². The minimum absolute atomic E-state index is 0.0182. The number of fused-ring (bicyclic) bond motifs is 4. The summed E-state index contributed by atoms with van der Waals surface area (Å²) in [5.74, 6) is 0.106. The lowest BCUT2D eigenvalue weighted by atomic mass is 9.58. The normalized spacial score (nSPS) is 28.7. The van der Waals surface area contributed by atoms with Crippen LogP contribution < -0.4 is 0 Å². The van der Waals surface area contributed by atoms with Gasteiger partial charge in [-0.3, -0.25) is 9.97 Å². The van der Waals surface area contributed by atoms with E-state index in [2.05, 4.69) is 75.3 Å². The van der Waals surface area contributed by atoms with Crippen molar-refractivity contribution < 1.29 is 27.1 Å². The molecule has 10 heteroatoms. The average Bonchev–Trinajstić information content (AvgIpc) is 3.23. The van der Waals surface area contributed by atoms with Gasteiger partial charge in [0.05, 0.1) is 16.6 Å². The van der Waals surface area contributed by atoms with Gasteiger partial charge >= 0.3 is 6.18 Å². The Kier molecular flexibility index (Phi) is 7.96. The molecule has 0 radical (unpaired) electrons. The predicted octanol–water partition coefficient (Wildman–Crippen LogP) is 9.34. The standard InChI is InChI=1S/C33H44F3IN2O3Si/c1-19(2)28-26-27(25-21(39-28)15-31(11-8-12-31)16-22(25)42-43(6,7)30(3,4)5)32(13-14-40-18-23(32)37)41-29(26)20-9-10-24(38-17-20)33(34,35)36/h9-10,17,19,22-23,29H,8,11-16,18H2,1-7H3/t22?,23?,29-,32?/m1/s1. The van der Waals surface area contributed by atoms with Crippen LogP contribution in [0.1, 0.15) is 124 Å². The first-order valence-corrected chi connectivity index (χ1v) is 19.8. The second-order valence-electron chi connectivity index (χ2n) is 15.1. The van der Waals surface area contributed by atoms with E-state index < -0.39 is 31.9 Å². The zero-order chi connectivity index (χ0) is 31.2. The molecule has 3 unspecified atom stereocenters. The first-order chi connectivity index (χ1) is 20.0. The highest BCUT2D eigenvalue weighted by Crippen LogP contribution is 2.62. The Morgan fingerprint density at radius 2 is 1.81 bits per heavy atom. The highest BCUT2D eigenvalue weighted by atomic mass is 127. The lowest BCUT2D eigenvalue weighted by Crippen LogP contribution is -2.48. The zero-order valence-corrected chi connectivity index (χ0v) is 29.5. The van der Waals surface area contributed by atoms with Crippen molar-refractivity contribution in [2.75, 3.05) is 13.2 Å². The molecule has 0 N–H and O–H groups in total. The molecular formula is C33H44F3IN2O3Si. The summed E-state index contributed by atoms with van der Waals surface area (Å²) in [7, 11) is -2.17. The molecule has 1 saturated heterocycles. The molecule has 2 spiro atoms. The SMILES string of the molecule is CC(C)c1nc2c(c3c1[C@@H](c1ccc(C(F)(F)F)nc1)OC31CCOCC1I)C(O[Si](C)(C)C(C)(C)C)CC1(CCC1)C2. The highest BCUT2D eigenvalue weighted by Gasteiger charge is 2.58. The minimum atomic E-state index is -4.50. The molecule has 6 rings (SSSR count). The molecule has 1 saturated carbocycles. The summed E-state index contributed by atoms with van der Waals surface area (Å²) in [6.45, 7) is 16.9. The number of pyridine rings is 2. The number of rotatable bonds is 4. The maximum Gasteiger partial charge on any atom is 0.433 e. The molecule has 2 aliphatic carbocycles. The van der Waals surface area contributed by atoms with Gasteiger partial charge in [0.25, 0.3) is 0 Å². The Morgan fingerprint density at radius 1 is 1.09 bits per heavy atom. The number of aromatic nitrogens is 2. The summed E-state index contributed by atoms with van der Waals surface area (Å²) in [4.78, 5) is 9.30. The molecule has 2 aromatic rings. The predicted molar refractivity (Wildman–Crippen MR) is 171 cm³/mol. The Labute approximate surface area is 268 Å². The topological polar surface area (TPSA) is 53.5 Å². The third-order valence-corrected chi connectivity index (χ3v) is 16.7. The van der Waals surface area contributed by atoms with E-state index in [4.69, 9.17) is 18.9 Å². The van der Waals surface area contributed by atoms with Crippen molar-refractivity contribution in [2.24, 2.45) is 5.41 Å². The second kappa shape index (κ2) is 10.7. The van der Waals surface area contributed by atoms with Crippen LogP contribution in [0.15, 0.2) is 18.3 Å². The van der Waals surface area contributed by atoms with E-state index in [1.165, 1.54) is 42.7 Å². The quantitative estimate of drug-likeness (QED) is 0.179. The summed E-state index contributed by atoms with van der Waals surface area (Å²) in [5, 5.41) is 0.0406. The third kappa shape index (κ3) is 5.32. The Morgan fingerprint density at radius 3 is 2.35 bits per heavy atom. The van der Waals surface area contributed by atoms with Crippen molar-refractivity contribution in [1.82, 2.24) is 9.97 Å². The largest absolute Gasteiger partial charge is 0.433 e. The second-order valence-corrected chi connectivity index (χ2v) is 21.3. The molecule has 0 aromatic carbocycles. The fourth-order valence-electron chi connectivity index (χ4n) is 7.35. The lowest BCUT2D eigenvalue weighted by molar-refractivity contribution is -0.141. The van der Waals surface area contributed by atoms with Gasteiger partial charge in [0.15, 0.2) is 8.32 Å². The first kappa shape index (κ1) is 31.9. The van der Waals surface area contributed by atoms with Crippen LogP contribution in [0.2, 0.25) is 18.1 Å². The van der Waals surface area contributed by atoms with Crippen molar-refractivity contribution in [3.63, 3.8) is 0 Å². The van der Waals surface area contributed by atoms with Gasteiger partial charge < -0.3 is 13.9 Å². The Bertz CT molecular complexity index is 1390. The zero-order valence-electron chi connectivity index (χ0n) is 26.3. The molecule has 0 bridgehead atoms. The molecule has 5 nitrogen and oxygen atoms in total. The van der Waals surface area contributed by atoms with Crippen LogP contribution in [-0.4, -0.2) is 35.4 Å². The van der Waals surface area contributed by atoms with E-state index in [1.807, 2.05) is 0 Å². The van der Waals surface area contributed by atoms with Crippen LogP contribution >= 0.6 is 22.6 Å². The summed E-state index contributed by atoms with van der Waals surface area (Å²) in [5.41, 5.74) is 4.78. The van der Waals surface area contributed by atoms with Gasteiger partial charge in [-0.1, -0.05) is 69.7 Å². The molecule has 4 aliphatic rings. The maximum atomic E-state index is 13.5. The van der Waals surface area contributed by atoms with Crippen molar-refractivity contribution in [2.45, 2.75) is 125 Å². The number of ether oxygens (including phenoxy) is 2. The van der Waals surface area contributed by atoms with E-state index in [0.717, 1.165) is 35.9 Å². The van der Waals surface area contributed by atoms with Crippen molar-refractivity contribution in [3.8, 4) is 0 Å². The number of hydrogen-bond acceptors (Lipinski definition) is 5. The molecule has 4 atom stereocenters. The van der Waals surface area contributed by atoms with Gasteiger partial charge in [-0.2, -0.15) is 13.2 Å². The molecule has 236 valence electrons. The molecule has 2 aromatic heterocycles. The molecular weight excluding hydrogens is 684 g/mol. The monoisotopic (exact) mass is 728 g/mol. The van der Waals surface area contributed by atoms with Gasteiger partial charge in [-0.05, 0) is 61.2 Å². The minimum Gasteiger partial charge on any atom is -0.410 e. The van der Waals surface area contributed by atoms with Crippen LogP contribution in [-0.2, 0) is 32.1 Å². The summed E-state index contributed by atoms with van der Waals surface area (Å²) < 4.78 is 60.9. The molecule has 2 aliphatic heterocycles. The smallest absolute Gasteiger partial charge is 0.410 e. The van der Waals surface area contributed by atoms with Gasteiger partial charge in [-0.25, -0.2) is 0 Å². The lowest BCUT2D eigenvalue weighted by Gasteiger charge is -2.51. The van der Waals surface area contributed by atoms with E-state index >= 15 is 0 Å². The van der Waals surface area contributed by atoms with Crippen LogP contribution in [0.3, 0.4) is 0 Å². The average molecular weight is 729 g/mol. The fourth-order valence-corrected chi connectivity index (χ4v) is 9.64. The maximum absolute atomic E-state index is 13.5. The van der Waals surface area contributed by atoms with Crippen molar-refractivity contribution >= 4 is 30.9 Å². The summed E-state index contributed by atoms with van der Waals surface area (Å²) >= 11 is 2.46. The first-order valence-electron chi connectivity index (χ1n) is 15.7. The van der Waals surface area contributed by atoms with Gasteiger partial charge in [0, 0.05) is 52.9 Å². The highest BCUT2D eigenvalue weighted by molar-refractivity contribution is 14.1. The summed E-state index contributed by atoms with van der Waals surface area (Å²) in [6.07, 6.45) is 2.41. The summed E-state index contributed by atoms with van der Waals surface area (Å²) in [6, 6.07) is 2.60.